The fraction of sp³-hybridized carbons (Fsp3) is 0.333. The largest absolute Gasteiger partial charge is 0.478 e. The summed E-state index contributed by atoms with van der Waals surface area (Å²) in [6.07, 6.45) is 0.210. The smallest absolute Gasteiger partial charge is 0.416 e. The Hall–Kier alpha value is -4.56. The van der Waals surface area contributed by atoms with Gasteiger partial charge in [-0.3, -0.25) is 0 Å². The lowest BCUT2D eigenvalue weighted by Gasteiger charge is -2.17. The molecule has 276 valence electrons. The first-order chi connectivity index (χ1) is 24.5. The van der Waals surface area contributed by atoms with Gasteiger partial charge in [0.05, 0.1) is 22.3 Å². The molecule has 2 fully saturated rings. The fourth-order valence-corrected chi connectivity index (χ4v) is 6.29. The number of aromatic carboxylic acids is 2. The summed E-state index contributed by atoms with van der Waals surface area (Å²) < 4.78 is 90.1. The Balaban J connectivity index is 0.000000201. The summed E-state index contributed by atoms with van der Waals surface area (Å²) in [5.74, 6) is -2.31. The minimum Gasteiger partial charge on any atom is -0.478 e. The van der Waals surface area contributed by atoms with E-state index in [0.717, 1.165) is 100 Å². The van der Waals surface area contributed by atoms with Crippen LogP contribution in [-0.4, -0.2) is 44.3 Å². The van der Waals surface area contributed by atoms with Gasteiger partial charge in [-0.15, -0.1) is 0 Å². The van der Waals surface area contributed by atoms with Gasteiger partial charge in [-0.1, -0.05) is 23.2 Å². The lowest BCUT2D eigenvalue weighted by Crippen LogP contribution is -2.13. The molecule has 0 aliphatic heterocycles. The van der Waals surface area contributed by atoms with Crippen LogP contribution in [0.15, 0.2) is 60.9 Å². The minimum absolute atomic E-state index is 0.0325. The molecule has 2 N–H and O–H groups in total. The average Bonchev–Trinajstić information content (AvgIpc) is 3.80. The van der Waals surface area contributed by atoms with Crippen LogP contribution in [0.5, 0.6) is 11.8 Å². The molecule has 52 heavy (non-hydrogen) atoms. The van der Waals surface area contributed by atoms with Gasteiger partial charge < -0.3 is 19.7 Å². The van der Waals surface area contributed by atoms with Crippen molar-refractivity contribution in [1.29, 1.82) is 0 Å². The van der Waals surface area contributed by atoms with Crippen LogP contribution in [0.4, 0.5) is 26.3 Å². The Bertz CT molecular complexity index is 1800. The van der Waals surface area contributed by atoms with Gasteiger partial charge in [0.1, 0.15) is 12.2 Å². The first kappa shape index (κ1) is 38.7. The second-order valence-corrected chi connectivity index (χ2v) is 13.0. The zero-order valence-corrected chi connectivity index (χ0v) is 28.5. The monoisotopic (exact) mass is 770 g/mol. The molecule has 8 nitrogen and oxygen atoms in total. The van der Waals surface area contributed by atoms with Crippen molar-refractivity contribution < 1.29 is 55.6 Å². The molecule has 2 saturated carbocycles. The molecule has 2 aromatic heterocycles. The topological polar surface area (TPSA) is 119 Å². The Morgan fingerprint density at radius 1 is 0.596 bits per heavy atom. The summed E-state index contributed by atoms with van der Waals surface area (Å²) in [7, 11) is 0. The van der Waals surface area contributed by atoms with Gasteiger partial charge in [0, 0.05) is 44.7 Å². The summed E-state index contributed by atoms with van der Waals surface area (Å²) in [4.78, 5) is 30.6. The van der Waals surface area contributed by atoms with E-state index in [2.05, 4.69) is 9.97 Å². The molecule has 2 heterocycles. The molecule has 4 aromatic rings. The Kier molecular flexibility index (Phi) is 11.9. The van der Waals surface area contributed by atoms with Gasteiger partial charge in [-0.2, -0.15) is 26.3 Å². The number of carbonyl (C=O) groups is 2. The molecule has 6 rings (SSSR count). The molecular formula is C36H30Cl2F6N2O6. The summed E-state index contributed by atoms with van der Waals surface area (Å²) in [6.45, 7) is 0. The molecule has 2 aliphatic rings. The van der Waals surface area contributed by atoms with E-state index in [1.165, 1.54) is 12.1 Å². The second-order valence-electron chi connectivity index (χ2n) is 12.2. The molecular weight excluding hydrogens is 741 g/mol. The molecule has 2 aliphatic carbocycles. The van der Waals surface area contributed by atoms with Gasteiger partial charge >= 0.3 is 24.3 Å². The number of carboxylic acid groups (broad SMARTS) is 2. The molecule has 0 atom stereocenters. The van der Waals surface area contributed by atoms with E-state index in [4.69, 9.17) is 32.7 Å². The van der Waals surface area contributed by atoms with Crippen LogP contribution in [0.1, 0.15) is 83.2 Å². The van der Waals surface area contributed by atoms with Crippen LogP contribution in [0.25, 0.3) is 22.3 Å². The Labute approximate surface area is 303 Å². The average molecular weight is 772 g/mol. The zero-order chi connectivity index (χ0) is 37.8. The second kappa shape index (κ2) is 16.0. The maximum Gasteiger partial charge on any atom is 0.416 e. The maximum atomic E-state index is 13.1. The van der Waals surface area contributed by atoms with Crippen LogP contribution >= 0.6 is 23.2 Å². The predicted octanol–water partition coefficient (Wildman–Crippen LogP) is 10.9. The highest BCUT2D eigenvalue weighted by Crippen LogP contribution is 2.42. The summed E-state index contributed by atoms with van der Waals surface area (Å²) >= 11 is 12.2. The number of alkyl halides is 6. The number of halogens is 8. The van der Waals surface area contributed by atoms with Gasteiger partial charge in [0.2, 0.25) is 11.8 Å². The van der Waals surface area contributed by atoms with Crippen LogP contribution in [0.2, 0.25) is 10.0 Å². The van der Waals surface area contributed by atoms with E-state index in [1.807, 2.05) is 0 Å². The quantitative estimate of drug-likeness (QED) is 0.170. The number of ether oxygens (including phenoxy) is 2. The van der Waals surface area contributed by atoms with Crippen molar-refractivity contribution in [2.45, 2.75) is 75.9 Å². The molecule has 0 amide bonds. The van der Waals surface area contributed by atoms with Gasteiger partial charge in [0.25, 0.3) is 0 Å². The van der Waals surface area contributed by atoms with Crippen LogP contribution in [0, 0.1) is 0 Å². The van der Waals surface area contributed by atoms with Crippen molar-refractivity contribution in [3.8, 4) is 34.0 Å². The van der Waals surface area contributed by atoms with E-state index >= 15 is 0 Å². The van der Waals surface area contributed by atoms with Gasteiger partial charge in [-0.25, -0.2) is 19.6 Å². The third-order valence-electron chi connectivity index (χ3n) is 8.52. The lowest BCUT2D eigenvalue weighted by molar-refractivity contribution is -0.138. The molecule has 0 spiro atoms. The molecule has 0 saturated heterocycles. The van der Waals surface area contributed by atoms with Crippen LogP contribution in [0.3, 0.4) is 0 Å². The lowest BCUT2D eigenvalue weighted by atomic mass is 10.0. The highest BCUT2D eigenvalue weighted by molar-refractivity contribution is 6.33. The van der Waals surface area contributed by atoms with Crippen molar-refractivity contribution in [2.24, 2.45) is 0 Å². The Morgan fingerprint density at radius 3 is 1.25 bits per heavy atom. The van der Waals surface area contributed by atoms with Gasteiger partial charge in [0.15, 0.2) is 0 Å². The zero-order valence-electron chi connectivity index (χ0n) is 27.0. The fourth-order valence-electron chi connectivity index (χ4n) is 5.86. The summed E-state index contributed by atoms with van der Waals surface area (Å²) in [6, 6.07) is 8.25. The molecule has 2 aromatic carbocycles. The van der Waals surface area contributed by atoms with Crippen molar-refractivity contribution in [3.63, 3.8) is 0 Å². The number of benzene rings is 2. The maximum absolute atomic E-state index is 13.1. The normalized spacial score (nSPS) is 15.2. The number of rotatable bonds is 8. The standard InChI is InChI=1S/2C18H15ClF3NO3/c2*19-15-6-5-11(18(20,21)22)8-13(15)14-7-10(17(24)25)9-23-16(14)26-12-3-1-2-4-12/h2*5-9,12H,1-4H2,(H,24,25). The SMILES string of the molecule is O=C(O)c1cnc(OC2CCCC2)c(-c2cc(C(F)(F)F)ccc2Cl)c1.O=C(O)c1cnc(OC2CCCC2)c(-c2cc(C(F)(F)F)ccc2Cl)c1. The van der Waals surface area contributed by atoms with E-state index in [-0.39, 0.29) is 67.4 Å². The van der Waals surface area contributed by atoms with E-state index in [1.54, 1.807) is 0 Å². The van der Waals surface area contributed by atoms with E-state index in [9.17, 15) is 46.1 Å². The summed E-state index contributed by atoms with van der Waals surface area (Å²) in [5, 5.41) is 18.5. The predicted molar refractivity (Wildman–Crippen MR) is 179 cm³/mol. The first-order valence-corrected chi connectivity index (χ1v) is 16.8. The minimum atomic E-state index is -4.55. The Morgan fingerprint density at radius 2 is 0.942 bits per heavy atom. The molecule has 0 bridgehead atoms. The number of carboxylic acids is 2. The van der Waals surface area contributed by atoms with Crippen LogP contribution in [-0.2, 0) is 12.4 Å². The van der Waals surface area contributed by atoms with Crippen molar-refractivity contribution >= 4 is 35.1 Å². The molecule has 0 unspecified atom stereocenters. The first-order valence-electron chi connectivity index (χ1n) is 16.1. The number of nitrogens with zero attached hydrogens (tertiary/aromatic N) is 2. The third kappa shape index (κ3) is 9.45. The number of hydrogen-bond acceptors (Lipinski definition) is 6. The number of aromatic nitrogens is 2. The van der Waals surface area contributed by atoms with Crippen molar-refractivity contribution in [2.75, 3.05) is 0 Å². The third-order valence-corrected chi connectivity index (χ3v) is 9.18. The van der Waals surface area contributed by atoms with Crippen LogP contribution < -0.4 is 9.47 Å². The van der Waals surface area contributed by atoms with E-state index < -0.39 is 35.4 Å². The summed E-state index contributed by atoms with van der Waals surface area (Å²) in [5.41, 5.74) is -1.76. The molecule has 16 heteroatoms. The van der Waals surface area contributed by atoms with E-state index in [0.29, 0.717) is 0 Å². The molecule has 0 radical (unpaired) electrons. The number of hydrogen-bond donors (Lipinski definition) is 2. The number of pyridine rings is 2. The van der Waals surface area contributed by atoms with Gasteiger partial charge in [-0.05, 0) is 99.9 Å². The highest BCUT2D eigenvalue weighted by Gasteiger charge is 2.33. The highest BCUT2D eigenvalue weighted by atomic mass is 35.5. The van der Waals surface area contributed by atoms with Crippen molar-refractivity contribution in [1.82, 2.24) is 9.97 Å². The van der Waals surface area contributed by atoms with Crippen molar-refractivity contribution in [3.05, 3.63) is 93.2 Å².